The van der Waals surface area contributed by atoms with E-state index in [1.54, 1.807) is 6.07 Å². The van der Waals surface area contributed by atoms with Crippen molar-refractivity contribution in [3.8, 4) is 22.3 Å². The average molecular weight is 288 g/mol. The summed E-state index contributed by atoms with van der Waals surface area (Å²) in [4.78, 5) is 0. The Balaban J connectivity index is 1.89. The van der Waals surface area contributed by atoms with Crippen LogP contribution in [-0.2, 0) is 0 Å². The molecule has 0 spiro atoms. The standard InChI is InChI=1S/C18H15F3/c1-9-8-13-12-7-6-11(10-4-2-3-5-10)17(20)14(12)15(13)18(21)16(9)19/h6-8,10H,2-5H2,1H3. The second-order valence-electron chi connectivity index (χ2n) is 6.12. The molecule has 0 nitrogen and oxygen atoms in total. The van der Waals surface area contributed by atoms with Gasteiger partial charge in [0.15, 0.2) is 11.6 Å². The van der Waals surface area contributed by atoms with Gasteiger partial charge in [0, 0.05) is 11.1 Å². The molecular formula is C18H15F3. The number of benzene rings is 2. The lowest BCUT2D eigenvalue weighted by Crippen LogP contribution is -2.10. The molecule has 2 aliphatic carbocycles. The predicted molar refractivity (Wildman–Crippen MR) is 76.7 cm³/mol. The topological polar surface area (TPSA) is 0 Å². The first-order chi connectivity index (χ1) is 10.1. The van der Waals surface area contributed by atoms with Crippen molar-refractivity contribution in [1.82, 2.24) is 0 Å². The Morgan fingerprint density at radius 2 is 1.52 bits per heavy atom. The summed E-state index contributed by atoms with van der Waals surface area (Å²) in [6, 6.07) is 5.28. The molecule has 4 rings (SSSR count). The van der Waals surface area contributed by atoms with E-state index in [0.717, 1.165) is 25.7 Å². The maximum absolute atomic E-state index is 14.8. The smallest absolute Gasteiger partial charge is 0.167 e. The van der Waals surface area contributed by atoms with Gasteiger partial charge < -0.3 is 0 Å². The highest BCUT2D eigenvalue weighted by molar-refractivity contribution is 6.03. The normalized spacial score (nSPS) is 16.6. The second-order valence-corrected chi connectivity index (χ2v) is 6.12. The molecular weight excluding hydrogens is 273 g/mol. The highest BCUT2D eigenvalue weighted by atomic mass is 19.2. The summed E-state index contributed by atoms with van der Waals surface area (Å²) in [6.45, 7) is 1.53. The summed E-state index contributed by atoms with van der Waals surface area (Å²) in [5.41, 5.74) is 2.63. The van der Waals surface area contributed by atoms with Crippen molar-refractivity contribution in [3.63, 3.8) is 0 Å². The lowest BCUT2D eigenvalue weighted by molar-refractivity contribution is 0.503. The Morgan fingerprint density at radius 1 is 0.857 bits per heavy atom. The first-order valence-corrected chi connectivity index (χ1v) is 7.41. The van der Waals surface area contributed by atoms with Gasteiger partial charge in [-0.05, 0) is 54.0 Å². The van der Waals surface area contributed by atoms with Gasteiger partial charge in [0.1, 0.15) is 5.82 Å². The molecule has 2 aliphatic rings. The van der Waals surface area contributed by atoms with Gasteiger partial charge in [-0.15, -0.1) is 0 Å². The van der Waals surface area contributed by atoms with Crippen molar-refractivity contribution in [3.05, 3.63) is 46.8 Å². The molecule has 2 aromatic rings. The lowest BCUT2D eigenvalue weighted by Gasteiger charge is -2.28. The minimum Gasteiger partial charge on any atom is -0.206 e. The van der Waals surface area contributed by atoms with E-state index in [0.29, 0.717) is 16.7 Å². The fourth-order valence-corrected chi connectivity index (χ4v) is 3.76. The summed E-state index contributed by atoms with van der Waals surface area (Å²) >= 11 is 0. The fourth-order valence-electron chi connectivity index (χ4n) is 3.76. The van der Waals surface area contributed by atoms with E-state index in [1.165, 1.54) is 6.92 Å². The van der Waals surface area contributed by atoms with Crippen molar-refractivity contribution in [2.45, 2.75) is 38.5 Å². The van der Waals surface area contributed by atoms with Crippen LogP contribution in [0.4, 0.5) is 13.2 Å². The highest BCUT2D eigenvalue weighted by Gasteiger charge is 2.34. The number of aryl methyl sites for hydroxylation is 1. The Labute approximate surface area is 121 Å². The molecule has 0 aliphatic heterocycles. The Morgan fingerprint density at radius 3 is 2.24 bits per heavy atom. The summed E-state index contributed by atoms with van der Waals surface area (Å²) in [7, 11) is 0. The Bertz CT molecular complexity index is 756. The van der Waals surface area contributed by atoms with Gasteiger partial charge in [-0.2, -0.15) is 0 Å². The van der Waals surface area contributed by atoms with Crippen molar-refractivity contribution < 1.29 is 13.2 Å². The van der Waals surface area contributed by atoms with Crippen LogP contribution in [0.5, 0.6) is 0 Å². The number of halogens is 3. The lowest BCUT2D eigenvalue weighted by atomic mass is 9.76. The van der Waals surface area contributed by atoms with E-state index in [2.05, 4.69) is 0 Å². The van der Waals surface area contributed by atoms with Crippen LogP contribution in [0.1, 0.15) is 42.7 Å². The molecule has 0 unspecified atom stereocenters. The Hall–Kier alpha value is -1.77. The summed E-state index contributed by atoms with van der Waals surface area (Å²) in [6.07, 6.45) is 4.18. The molecule has 0 N–H and O–H groups in total. The quantitative estimate of drug-likeness (QED) is 0.537. The molecule has 0 aromatic heterocycles. The minimum atomic E-state index is -0.917. The molecule has 21 heavy (non-hydrogen) atoms. The van der Waals surface area contributed by atoms with Gasteiger partial charge in [0.25, 0.3) is 0 Å². The van der Waals surface area contributed by atoms with Crippen LogP contribution in [0.15, 0.2) is 18.2 Å². The highest BCUT2D eigenvalue weighted by Crippen LogP contribution is 2.52. The van der Waals surface area contributed by atoms with E-state index in [4.69, 9.17) is 0 Å². The van der Waals surface area contributed by atoms with Crippen LogP contribution in [0, 0.1) is 24.4 Å². The second kappa shape index (κ2) is 4.36. The van der Waals surface area contributed by atoms with Gasteiger partial charge >= 0.3 is 0 Å². The molecule has 3 heteroatoms. The first-order valence-electron chi connectivity index (χ1n) is 7.41. The first kappa shape index (κ1) is 12.9. The third-order valence-electron chi connectivity index (χ3n) is 4.90. The minimum absolute atomic E-state index is 0.116. The molecule has 0 saturated heterocycles. The summed E-state index contributed by atoms with van der Waals surface area (Å²) in [5, 5.41) is 0. The third-order valence-corrected chi connectivity index (χ3v) is 4.90. The van der Waals surface area contributed by atoms with Gasteiger partial charge in [-0.1, -0.05) is 25.0 Å². The Kier molecular flexibility index (Phi) is 2.69. The van der Waals surface area contributed by atoms with Gasteiger partial charge in [-0.25, -0.2) is 13.2 Å². The number of hydrogen-bond donors (Lipinski definition) is 0. The maximum atomic E-state index is 14.8. The molecule has 0 bridgehead atoms. The molecule has 0 heterocycles. The zero-order chi connectivity index (χ0) is 14.7. The van der Waals surface area contributed by atoms with Crippen molar-refractivity contribution in [2.24, 2.45) is 0 Å². The molecule has 1 fully saturated rings. The largest absolute Gasteiger partial charge is 0.206 e. The number of hydrogen-bond acceptors (Lipinski definition) is 0. The number of rotatable bonds is 1. The zero-order valence-corrected chi connectivity index (χ0v) is 11.8. The van der Waals surface area contributed by atoms with E-state index >= 15 is 0 Å². The van der Waals surface area contributed by atoms with Crippen LogP contribution in [0.2, 0.25) is 0 Å². The zero-order valence-electron chi connectivity index (χ0n) is 11.8. The molecule has 2 aromatic carbocycles. The van der Waals surface area contributed by atoms with Crippen molar-refractivity contribution >= 4 is 0 Å². The SMILES string of the molecule is Cc1cc2c(c(F)c1F)-c1c-2ccc(C2CCCC2)c1F. The van der Waals surface area contributed by atoms with Crippen LogP contribution < -0.4 is 0 Å². The average Bonchev–Trinajstić information content (AvgIpc) is 2.97. The van der Waals surface area contributed by atoms with Crippen molar-refractivity contribution in [1.29, 1.82) is 0 Å². The van der Waals surface area contributed by atoms with Crippen LogP contribution >= 0.6 is 0 Å². The van der Waals surface area contributed by atoms with Crippen LogP contribution in [-0.4, -0.2) is 0 Å². The maximum Gasteiger partial charge on any atom is 0.167 e. The van der Waals surface area contributed by atoms with Crippen LogP contribution in [0.25, 0.3) is 22.3 Å². The predicted octanol–water partition coefficient (Wildman–Crippen LogP) is 5.72. The van der Waals surface area contributed by atoms with Gasteiger partial charge in [0.05, 0.1) is 0 Å². The third kappa shape index (κ3) is 1.63. The summed E-state index contributed by atoms with van der Waals surface area (Å²) in [5.74, 6) is -1.92. The molecule has 0 atom stereocenters. The summed E-state index contributed by atoms with van der Waals surface area (Å²) < 4.78 is 42.6. The molecule has 0 radical (unpaired) electrons. The van der Waals surface area contributed by atoms with E-state index in [9.17, 15) is 13.2 Å². The number of fused-ring (bicyclic) bond motifs is 4. The van der Waals surface area contributed by atoms with E-state index in [-0.39, 0.29) is 28.4 Å². The monoisotopic (exact) mass is 288 g/mol. The van der Waals surface area contributed by atoms with E-state index in [1.807, 2.05) is 12.1 Å². The molecule has 0 amide bonds. The van der Waals surface area contributed by atoms with Gasteiger partial charge in [-0.3, -0.25) is 0 Å². The van der Waals surface area contributed by atoms with Crippen LogP contribution in [0.3, 0.4) is 0 Å². The van der Waals surface area contributed by atoms with E-state index < -0.39 is 11.6 Å². The van der Waals surface area contributed by atoms with Gasteiger partial charge in [0.2, 0.25) is 0 Å². The fraction of sp³-hybridized carbons (Fsp3) is 0.333. The molecule has 108 valence electrons. The van der Waals surface area contributed by atoms with Crippen molar-refractivity contribution in [2.75, 3.05) is 0 Å². The molecule has 1 saturated carbocycles.